The summed E-state index contributed by atoms with van der Waals surface area (Å²) in [5.74, 6) is -0.123. The lowest BCUT2D eigenvalue weighted by atomic mass is 10.2. The van der Waals surface area contributed by atoms with E-state index < -0.39 is 15.9 Å². The molecule has 32 heavy (non-hydrogen) atoms. The molecule has 2 N–H and O–H groups in total. The molecule has 1 aromatic heterocycles. The van der Waals surface area contributed by atoms with Crippen LogP contribution in [0.3, 0.4) is 0 Å². The molecule has 2 aromatic carbocycles. The molecule has 0 aliphatic carbocycles. The van der Waals surface area contributed by atoms with Crippen molar-refractivity contribution in [3.8, 4) is 5.75 Å². The van der Waals surface area contributed by atoms with Gasteiger partial charge in [-0.25, -0.2) is 13.1 Å². The molecule has 0 atom stereocenters. The molecule has 2 amide bonds. The van der Waals surface area contributed by atoms with Crippen LogP contribution in [0.15, 0.2) is 70.9 Å². The van der Waals surface area contributed by atoms with E-state index in [1.165, 1.54) is 40.5 Å². The molecule has 0 unspecified atom stereocenters. The van der Waals surface area contributed by atoms with Gasteiger partial charge in [-0.1, -0.05) is 12.1 Å². The van der Waals surface area contributed by atoms with Gasteiger partial charge < -0.3 is 15.0 Å². The third kappa shape index (κ3) is 6.39. The molecule has 168 valence electrons. The molecule has 0 fully saturated rings. The van der Waals surface area contributed by atoms with Crippen molar-refractivity contribution in [2.75, 3.05) is 26.0 Å². The van der Waals surface area contributed by atoms with E-state index in [1.807, 2.05) is 17.5 Å². The lowest BCUT2D eigenvalue weighted by molar-refractivity contribution is -0.130. The molecule has 3 rings (SSSR count). The number of likely N-dealkylation sites (N-methyl/N-ethyl adjacent to an activating group) is 1. The number of hydrogen-bond acceptors (Lipinski definition) is 6. The molecular formula is C22H23N3O5S2. The first-order valence-corrected chi connectivity index (χ1v) is 12.0. The molecule has 0 saturated carbocycles. The number of carbonyl (C=O) groups is 2. The fourth-order valence-electron chi connectivity index (χ4n) is 2.58. The Morgan fingerprint density at radius 3 is 2.44 bits per heavy atom. The molecule has 10 heteroatoms. The Morgan fingerprint density at radius 2 is 1.78 bits per heavy atom. The fraction of sp³-hybridized carbons (Fsp3) is 0.182. The van der Waals surface area contributed by atoms with E-state index in [0.717, 1.165) is 4.88 Å². The molecule has 8 nitrogen and oxygen atoms in total. The maximum atomic E-state index is 12.6. The standard InChI is InChI=1S/C22H23N3O5S2/c1-25(2)21(26)15-30-18-10-8-17(9-11-18)24-22(27)16-5-3-7-20(13-16)32(28,29)23-14-19-6-4-12-31-19/h3-13,23H,14-15H2,1-2H3,(H,24,27). The summed E-state index contributed by atoms with van der Waals surface area (Å²) in [7, 11) is -0.475. The number of anilines is 1. The maximum Gasteiger partial charge on any atom is 0.259 e. The van der Waals surface area contributed by atoms with Crippen molar-refractivity contribution >= 4 is 38.9 Å². The number of carbonyl (C=O) groups excluding carboxylic acids is 2. The predicted octanol–water partition coefficient (Wildman–Crippen LogP) is 2.95. The van der Waals surface area contributed by atoms with Crippen LogP contribution in [0.5, 0.6) is 5.75 Å². The summed E-state index contributed by atoms with van der Waals surface area (Å²) < 4.78 is 33.1. The van der Waals surface area contributed by atoms with Crippen molar-refractivity contribution in [1.29, 1.82) is 0 Å². The molecule has 0 radical (unpaired) electrons. The van der Waals surface area contributed by atoms with Crippen molar-refractivity contribution < 1.29 is 22.7 Å². The summed E-state index contributed by atoms with van der Waals surface area (Å²) in [6, 6.07) is 16.1. The number of benzene rings is 2. The lowest BCUT2D eigenvalue weighted by Crippen LogP contribution is -2.27. The zero-order valence-corrected chi connectivity index (χ0v) is 19.2. The molecule has 1 heterocycles. The predicted molar refractivity (Wildman–Crippen MR) is 123 cm³/mol. The Hall–Kier alpha value is -3.21. The molecule has 0 saturated heterocycles. The Balaban J connectivity index is 1.62. The van der Waals surface area contributed by atoms with Crippen molar-refractivity contribution in [3.63, 3.8) is 0 Å². The smallest absolute Gasteiger partial charge is 0.259 e. The zero-order chi connectivity index (χ0) is 23.1. The average molecular weight is 474 g/mol. The molecular weight excluding hydrogens is 450 g/mol. The van der Waals surface area contributed by atoms with E-state index in [2.05, 4.69) is 10.0 Å². The number of nitrogens with one attached hydrogen (secondary N) is 2. The minimum atomic E-state index is -3.76. The Bertz CT molecular complexity index is 1170. The van der Waals surface area contributed by atoms with E-state index in [1.54, 1.807) is 38.4 Å². The molecule has 0 spiro atoms. The molecule has 0 bridgehead atoms. The van der Waals surface area contributed by atoms with Crippen LogP contribution in [-0.4, -0.2) is 45.8 Å². The van der Waals surface area contributed by atoms with Crippen LogP contribution < -0.4 is 14.8 Å². The number of hydrogen-bond donors (Lipinski definition) is 2. The second-order valence-corrected chi connectivity index (χ2v) is 9.79. The van der Waals surface area contributed by atoms with Crippen molar-refractivity contribution in [2.45, 2.75) is 11.4 Å². The van der Waals surface area contributed by atoms with Crippen LogP contribution in [0, 0.1) is 0 Å². The van der Waals surface area contributed by atoms with Gasteiger partial charge in [-0.05, 0) is 53.9 Å². The minimum absolute atomic E-state index is 0.0102. The summed E-state index contributed by atoms with van der Waals surface area (Å²) in [6.07, 6.45) is 0. The van der Waals surface area contributed by atoms with Crippen molar-refractivity contribution in [3.05, 3.63) is 76.5 Å². The topological polar surface area (TPSA) is 105 Å². The molecule has 0 aliphatic heterocycles. The largest absolute Gasteiger partial charge is 0.484 e. The van der Waals surface area contributed by atoms with Crippen LogP contribution in [0.25, 0.3) is 0 Å². The number of rotatable bonds is 9. The SMILES string of the molecule is CN(C)C(=O)COc1ccc(NC(=O)c2cccc(S(=O)(=O)NCc3cccs3)c2)cc1. The number of ether oxygens (including phenoxy) is 1. The highest BCUT2D eigenvalue weighted by atomic mass is 32.2. The van der Waals surface area contributed by atoms with Crippen LogP contribution in [-0.2, 0) is 21.4 Å². The van der Waals surface area contributed by atoms with Gasteiger partial charge >= 0.3 is 0 Å². The van der Waals surface area contributed by atoms with Gasteiger partial charge in [0.05, 0.1) is 4.90 Å². The first-order valence-electron chi connectivity index (χ1n) is 9.61. The normalized spacial score (nSPS) is 11.1. The third-order valence-corrected chi connectivity index (χ3v) is 6.67. The van der Waals surface area contributed by atoms with Gasteiger partial charge in [-0.2, -0.15) is 0 Å². The highest BCUT2D eigenvalue weighted by molar-refractivity contribution is 7.89. The summed E-state index contributed by atoms with van der Waals surface area (Å²) in [5, 5.41) is 4.59. The zero-order valence-electron chi connectivity index (χ0n) is 17.6. The van der Waals surface area contributed by atoms with Gasteiger partial charge in [0.25, 0.3) is 11.8 Å². The monoisotopic (exact) mass is 473 g/mol. The van der Waals surface area contributed by atoms with Crippen molar-refractivity contribution in [1.82, 2.24) is 9.62 Å². The van der Waals surface area contributed by atoms with Gasteiger partial charge in [0.1, 0.15) is 5.75 Å². The highest BCUT2D eigenvalue weighted by Gasteiger charge is 2.16. The third-order valence-electron chi connectivity index (χ3n) is 4.40. The van der Waals surface area contributed by atoms with Crippen molar-refractivity contribution in [2.24, 2.45) is 0 Å². The lowest BCUT2D eigenvalue weighted by Gasteiger charge is -2.12. The van der Waals surface area contributed by atoms with Crippen LogP contribution >= 0.6 is 11.3 Å². The first-order chi connectivity index (χ1) is 15.2. The summed E-state index contributed by atoms with van der Waals surface area (Å²) in [5.41, 5.74) is 0.714. The van der Waals surface area contributed by atoms with E-state index in [0.29, 0.717) is 11.4 Å². The van der Waals surface area contributed by atoms with E-state index in [-0.39, 0.29) is 29.5 Å². The van der Waals surface area contributed by atoms with E-state index in [4.69, 9.17) is 4.74 Å². The van der Waals surface area contributed by atoms with Gasteiger partial charge in [-0.15, -0.1) is 11.3 Å². The minimum Gasteiger partial charge on any atom is -0.484 e. The fourth-order valence-corrected chi connectivity index (χ4v) is 4.37. The number of sulfonamides is 1. The Morgan fingerprint density at radius 1 is 1.03 bits per heavy atom. The van der Waals surface area contributed by atoms with Gasteiger partial charge in [-0.3, -0.25) is 9.59 Å². The van der Waals surface area contributed by atoms with Crippen LogP contribution in [0.2, 0.25) is 0 Å². The van der Waals surface area contributed by atoms with Crippen LogP contribution in [0.4, 0.5) is 5.69 Å². The summed E-state index contributed by atoms with van der Waals surface area (Å²) in [6.45, 7) is 0.103. The van der Waals surface area contributed by atoms with Gasteiger partial charge in [0.2, 0.25) is 10.0 Å². The van der Waals surface area contributed by atoms with E-state index >= 15 is 0 Å². The number of thiophene rings is 1. The highest BCUT2D eigenvalue weighted by Crippen LogP contribution is 2.18. The van der Waals surface area contributed by atoms with Gasteiger partial charge in [0, 0.05) is 36.8 Å². The summed E-state index contributed by atoms with van der Waals surface area (Å²) >= 11 is 1.46. The Labute approximate surface area is 190 Å². The molecule has 0 aliphatic rings. The van der Waals surface area contributed by atoms with E-state index in [9.17, 15) is 18.0 Å². The van der Waals surface area contributed by atoms with Gasteiger partial charge in [0.15, 0.2) is 6.61 Å². The molecule has 3 aromatic rings. The number of amides is 2. The van der Waals surface area contributed by atoms with Crippen LogP contribution in [0.1, 0.15) is 15.2 Å². The Kier molecular flexibility index (Phi) is 7.62. The average Bonchev–Trinajstić information content (AvgIpc) is 3.31. The maximum absolute atomic E-state index is 12.6. The number of nitrogens with zero attached hydrogens (tertiary/aromatic N) is 1. The quantitative estimate of drug-likeness (QED) is 0.497. The second-order valence-electron chi connectivity index (χ2n) is 6.99. The first kappa shape index (κ1) is 23.5. The second kappa shape index (κ2) is 10.4. The summed E-state index contributed by atoms with van der Waals surface area (Å²) in [4.78, 5) is 26.5.